The summed E-state index contributed by atoms with van der Waals surface area (Å²) in [5.41, 5.74) is 2.95. The molecule has 49 heavy (non-hydrogen) atoms. The number of benzene rings is 3. The molecule has 8 nitrogen and oxygen atoms in total. The lowest BCUT2D eigenvalue weighted by molar-refractivity contribution is 0.0602. The van der Waals surface area contributed by atoms with E-state index in [2.05, 4.69) is 63.6 Å². The van der Waals surface area contributed by atoms with Gasteiger partial charge in [-0.25, -0.2) is 26.9 Å². The number of carbonyl (C=O) groups excluding carboxylic acids is 1. The molecule has 1 amide bonds. The van der Waals surface area contributed by atoms with Crippen LogP contribution >= 0.6 is 0 Å². The first-order valence-electron chi connectivity index (χ1n) is 17.7. The zero-order chi connectivity index (χ0) is 33.9. The number of rotatable bonds is 9. The molecule has 4 aliphatic rings. The van der Waals surface area contributed by atoms with Crippen LogP contribution in [-0.4, -0.2) is 71.4 Å². The molecule has 4 heterocycles. The first kappa shape index (κ1) is 32.5. The molecule has 2 atom stereocenters. The predicted molar refractivity (Wildman–Crippen MR) is 184 cm³/mol. The number of nitrogens with zero attached hydrogens (tertiary/aromatic N) is 4. The normalized spacial score (nSPS) is 24.1. The van der Waals surface area contributed by atoms with Gasteiger partial charge in [-0.1, -0.05) is 42.5 Å². The van der Waals surface area contributed by atoms with Crippen molar-refractivity contribution in [2.24, 2.45) is 0 Å². The minimum absolute atomic E-state index is 0.157. The van der Waals surface area contributed by atoms with E-state index in [-0.39, 0.29) is 11.5 Å². The Labute approximate surface area is 286 Å². The van der Waals surface area contributed by atoms with Gasteiger partial charge in [-0.05, 0) is 100 Å². The van der Waals surface area contributed by atoms with E-state index in [1.165, 1.54) is 23.9 Å². The number of nitrogens with one attached hydrogen (secondary N) is 1. The average molecular weight is 688 g/mol. The third-order valence-electron chi connectivity index (χ3n) is 11.7. The number of fused-ring (bicyclic) bond motifs is 3. The van der Waals surface area contributed by atoms with E-state index in [0.29, 0.717) is 63.0 Å². The average Bonchev–Trinajstić information content (AvgIpc) is 3.78. The highest BCUT2D eigenvalue weighted by Crippen LogP contribution is 2.45. The zero-order valence-electron chi connectivity index (χ0n) is 27.8. The summed E-state index contributed by atoms with van der Waals surface area (Å²) in [7, 11) is -4.21. The van der Waals surface area contributed by atoms with Gasteiger partial charge in [-0.3, -0.25) is 9.69 Å². The summed E-state index contributed by atoms with van der Waals surface area (Å²) in [6, 6.07) is 21.5. The molecule has 0 spiro atoms. The highest BCUT2D eigenvalue weighted by Gasteiger charge is 2.44. The highest BCUT2D eigenvalue weighted by molar-refractivity contribution is 7.89. The summed E-state index contributed by atoms with van der Waals surface area (Å²) in [5, 5.41) is 0. The summed E-state index contributed by atoms with van der Waals surface area (Å²) < 4.78 is 60.2. The Balaban J connectivity index is 0.979. The van der Waals surface area contributed by atoms with Gasteiger partial charge < -0.3 is 9.47 Å². The van der Waals surface area contributed by atoms with E-state index in [1.807, 2.05) is 12.1 Å². The van der Waals surface area contributed by atoms with Crippen molar-refractivity contribution in [3.8, 4) is 0 Å². The van der Waals surface area contributed by atoms with E-state index in [4.69, 9.17) is 4.98 Å². The van der Waals surface area contributed by atoms with Gasteiger partial charge in [0.15, 0.2) is 0 Å². The SMILES string of the molecule is Cc1nc2ccccc2n1C1CC2CCC(C1)N2CCC1(c2ccccc2)CCN(C(=O)c2cc(S(=O)(=O)NC3CC3)c(F)cc2F)CC1. The van der Waals surface area contributed by atoms with Crippen LogP contribution in [0.25, 0.3) is 11.0 Å². The Bertz CT molecular complexity index is 1970. The number of imidazole rings is 1. The Morgan fingerprint density at radius 1 is 0.898 bits per heavy atom. The lowest BCUT2D eigenvalue weighted by Crippen LogP contribution is -2.49. The second-order valence-electron chi connectivity index (χ2n) is 14.6. The lowest BCUT2D eigenvalue weighted by atomic mass is 9.70. The molecule has 1 saturated carbocycles. The monoisotopic (exact) mass is 687 g/mol. The number of hydrogen-bond acceptors (Lipinski definition) is 5. The molecule has 1 aromatic heterocycles. The van der Waals surface area contributed by atoms with E-state index < -0.39 is 38.0 Å². The van der Waals surface area contributed by atoms with Crippen molar-refractivity contribution in [1.29, 1.82) is 0 Å². The first-order valence-corrected chi connectivity index (χ1v) is 19.2. The van der Waals surface area contributed by atoms with E-state index >= 15 is 4.39 Å². The molecule has 0 radical (unpaired) electrons. The number of para-hydroxylation sites is 2. The molecule has 3 saturated heterocycles. The maximum Gasteiger partial charge on any atom is 0.256 e. The van der Waals surface area contributed by atoms with Gasteiger partial charge in [0.1, 0.15) is 22.4 Å². The van der Waals surface area contributed by atoms with Crippen LogP contribution in [0.3, 0.4) is 0 Å². The van der Waals surface area contributed by atoms with Crippen LogP contribution in [0.1, 0.15) is 85.6 Å². The van der Waals surface area contributed by atoms with Crippen molar-refractivity contribution in [2.75, 3.05) is 19.6 Å². The number of aromatic nitrogens is 2. The van der Waals surface area contributed by atoms with Crippen molar-refractivity contribution in [3.05, 3.63) is 95.3 Å². The minimum Gasteiger partial charge on any atom is -0.338 e. The Kier molecular flexibility index (Phi) is 8.35. The standard InChI is InChI=1S/C38H43F2N5O3S/c1-25-41-34-9-5-6-10-35(34)45(25)30-21-28-13-14-29(22-30)44(28)20-17-38(26-7-3-2-4-8-26)15-18-43(19-16-38)37(46)31-23-36(33(40)24-32(31)39)49(47,48)42-27-11-12-27/h2-10,23-24,27-30,42H,11-22H2,1H3. The number of carbonyl (C=O) groups is 1. The van der Waals surface area contributed by atoms with Crippen LogP contribution in [0.15, 0.2) is 71.6 Å². The van der Waals surface area contributed by atoms with Crippen LogP contribution in [0.5, 0.6) is 0 Å². The Hall–Kier alpha value is -3.67. The fourth-order valence-corrected chi connectivity index (χ4v) is 10.3. The molecule has 2 bridgehead atoms. The molecule has 258 valence electrons. The van der Waals surface area contributed by atoms with Gasteiger partial charge >= 0.3 is 0 Å². The Morgan fingerprint density at radius 3 is 2.27 bits per heavy atom. The van der Waals surface area contributed by atoms with Gasteiger partial charge in [0.2, 0.25) is 10.0 Å². The number of aryl methyl sites for hydroxylation is 1. The molecule has 4 aromatic rings. The molecular weight excluding hydrogens is 645 g/mol. The second-order valence-corrected chi connectivity index (χ2v) is 16.3. The third kappa shape index (κ3) is 6.08. The molecule has 4 fully saturated rings. The molecule has 11 heteroatoms. The van der Waals surface area contributed by atoms with Crippen LogP contribution < -0.4 is 4.72 Å². The van der Waals surface area contributed by atoms with Gasteiger partial charge in [0.05, 0.1) is 16.6 Å². The molecule has 8 rings (SSSR count). The number of amides is 1. The number of halogens is 2. The summed E-state index contributed by atoms with van der Waals surface area (Å²) in [6.45, 7) is 3.88. The van der Waals surface area contributed by atoms with Crippen molar-refractivity contribution in [3.63, 3.8) is 0 Å². The topological polar surface area (TPSA) is 87.5 Å². The molecule has 1 N–H and O–H groups in total. The number of piperidine rings is 2. The van der Waals surface area contributed by atoms with Crippen molar-refractivity contribution >= 4 is 27.0 Å². The molecule has 3 aromatic carbocycles. The zero-order valence-corrected chi connectivity index (χ0v) is 28.6. The van der Waals surface area contributed by atoms with Crippen LogP contribution in [0, 0.1) is 18.6 Å². The third-order valence-corrected chi connectivity index (χ3v) is 13.2. The quantitative estimate of drug-likeness (QED) is 0.217. The van der Waals surface area contributed by atoms with Crippen molar-refractivity contribution in [2.45, 2.75) is 99.2 Å². The molecule has 3 aliphatic heterocycles. The first-order chi connectivity index (χ1) is 23.6. The summed E-state index contributed by atoms with van der Waals surface area (Å²) in [6.07, 6.45) is 8.31. The second kappa shape index (κ2) is 12.6. The van der Waals surface area contributed by atoms with Gasteiger partial charge in [-0.15, -0.1) is 0 Å². The number of sulfonamides is 1. The van der Waals surface area contributed by atoms with E-state index in [1.54, 1.807) is 4.90 Å². The van der Waals surface area contributed by atoms with Gasteiger partial charge in [0.25, 0.3) is 5.91 Å². The van der Waals surface area contributed by atoms with Crippen LogP contribution in [0.4, 0.5) is 8.78 Å². The van der Waals surface area contributed by atoms with Crippen LogP contribution in [0.2, 0.25) is 0 Å². The van der Waals surface area contributed by atoms with Crippen LogP contribution in [-0.2, 0) is 15.4 Å². The smallest absolute Gasteiger partial charge is 0.256 e. The fraction of sp³-hybridized carbons (Fsp3) is 0.474. The Morgan fingerprint density at radius 2 is 1.57 bits per heavy atom. The summed E-state index contributed by atoms with van der Waals surface area (Å²) in [4.78, 5) is 22.1. The fourth-order valence-electron chi connectivity index (χ4n) is 8.96. The maximum atomic E-state index is 15.0. The molecular formula is C38H43F2N5O3S. The maximum absolute atomic E-state index is 15.0. The molecule has 2 unspecified atom stereocenters. The van der Waals surface area contributed by atoms with Gasteiger partial charge in [-0.2, -0.15) is 0 Å². The summed E-state index contributed by atoms with van der Waals surface area (Å²) in [5.74, 6) is -1.78. The van der Waals surface area contributed by atoms with Gasteiger partial charge in [0, 0.05) is 43.3 Å². The molecule has 1 aliphatic carbocycles. The largest absolute Gasteiger partial charge is 0.338 e. The minimum atomic E-state index is -4.21. The lowest BCUT2D eigenvalue weighted by Gasteiger charge is -2.45. The van der Waals surface area contributed by atoms with E-state index in [0.717, 1.165) is 43.2 Å². The van der Waals surface area contributed by atoms with Crippen molar-refractivity contribution < 1.29 is 22.0 Å². The predicted octanol–water partition coefficient (Wildman–Crippen LogP) is 6.50. The van der Waals surface area contributed by atoms with Crippen molar-refractivity contribution in [1.82, 2.24) is 24.1 Å². The summed E-state index contributed by atoms with van der Waals surface area (Å²) >= 11 is 0. The number of likely N-dealkylation sites (tertiary alicyclic amines) is 1. The van der Waals surface area contributed by atoms with E-state index in [9.17, 15) is 17.6 Å². The number of hydrogen-bond donors (Lipinski definition) is 1. The highest BCUT2D eigenvalue weighted by atomic mass is 32.2.